The van der Waals surface area contributed by atoms with Crippen molar-refractivity contribution in [3.8, 4) is 11.5 Å². The second-order valence-electron chi connectivity index (χ2n) is 3.41. The highest BCUT2D eigenvalue weighted by Crippen LogP contribution is 2.30. The second-order valence-corrected chi connectivity index (χ2v) is 3.41. The highest BCUT2D eigenvalue weighted by molar-refractivity contribution is 5.73. The summed E-state index contributed by atoms with van der Waals surface area (Å²) in [5.41, 5.74) is 0.979. The van der Waals surface area contributed by atoms with Crippen molar-refractivity contribution in [3.63, 3.8) is 0 Å². The Bertz CT molecular complexity index is 393. The van der Waals surface area contributed by atoms with Gasteiger partial charge in [-0.05, 0) is 17.7 Å². The summed E-state index contributed by atoms with van der Waals surface area (Å²) in [6.07, 6.45) is 0. The minimum atomic E-state index is -0.199. The Morgan fingerprint density at radius 2 is 2.06 bits per heavy atom. The third-order valence-corrected chi connectivity index (χ3v) is 2.29. The van der Waals surface area contributed by atoms with E-state index >= 15 is 0 Å². The van der Waals surface area contributed by atoms with E-state index in [9.17, 15) is 4.79 Å². The number of nitrogens with one attached hydrogen (secondary N) is 2. The van der Waals surface area contributed by atoms with Crippen LogP contribution in [0.25, 0.3) is 0 Å². The molecule has 0 aromatic heterocycles. The first-order valence-electron chi connectivity index (χ1n) is 5.13. The monoisotopic (exact) mass is 222 g/mol. The molecule has 1 aromatic rings. The van der Waals surface area contributed by atoms with Gasteiger partial charge >= 0.3 is 6.03 Å². The van der Waals surface area contributed by atoms with E-state index in [4.69, 9.17) is 9.47 Å². The maximum absolute atomic E-state index is 11.0. The second kappa shape index (κ2) is 4.74. The lowest BCUT2D eigenvalue weighted by Crippen LogP contribution is -2.32. The molecule has 0 fully saturated rings. The normalized spacial score (nSPS) is 13.1. The van der Waals surface area contributed by atoms with Gasteiger partial charge in [0.1, 0.15) is 13.2 Å². The molecule has 0 bridgehead atoms. The van der Waals surface area contributed by atoms with Crippen molar-refractivity contribution in [1.29, 1.82) is 0 Å². The molecule has 1 aliphatic heterocycles. The van der Waals surface area contributed by atoms with E-state index in [1.807, 2.05) is 18.2 Å². The van der Waals surface area contributed by atoms with Crippen LogP contribution in [0.5, 0.6) is 11.5 Å². The van der Waals surface area contributed by atoms with Crippen molar-refractivity contribution in [3.05, 3.63) is 23.8 Å². The number of benzene rings is 1. The molecule has 5 nitrogen and oxygen atoms in total. The van der Waals surface area contributed by atoms with Crippen molar-refractivity contribution in [2.24, 2.45) is 0 Å². The molecule has 1 aromatic carbocycles. The first-order chi connectivity index (χ1) is 7.79. The third kappa shape index (κ3) is 2.36. The number of carbonyl (C=O) groups excluding carboxylic acids is 1. The molecule has 1 aliphatic rings. The fraction of sp³-hybridized carbons (Fsp3) is 0.364. The summed E-state index contributed by atoms with van der Waals surface area (Å²) >= 11 is 0. The van der Waals surface area contributed by atoms with Crippen molar-refractivity contribution in [2.75, 3.05) is 20.3 Å². The summed E-state index contributed by atoms with van der Waals surface area (Å²) < 4.78 is 10.8. The van der Waals surface area contributed by atoms with Gasteiger partial charge in [0.05, 0.1) is 0 Å². The average Bonchev–Trinajstić information content (AvgIpc) is 2.35. The highest BCUT2D eigenvalue weighted by atomic mass is 16.6. The van der Waals surface area contributed by atoms with Crippen molar-refractivity contribution in [2.45, 2.75) is 6.54 Å². The first-order valence-corrected chi connectivity index (χ1v) is 5.13. The van der Waals surface area contributed by atoms with E-state index < -0.39 is 0 Å². The number of hydrogen-bond acceptors (Lipinski definition) is 3. The van der Waals surface area contributed by atoms with Gasteiger partial charge in [-0.3, -0.25) is 0 Å². The molecule has 0 radical (unpaired) electrons. The molecule has 5 heteroatoms. The summed E-state index contributed by atoms with van der Waals surface area (Å²) in [5, 5.41) is 5.20. The Morgan fingerprint density at radius 3 is 2.81 bits per heavy atom. The maximum Gasteiger partial charge on any atom is 0.314 e. The van der Waals surface area contributed by atoms with Crippen molar-refractivity contribution >= 4 is 6.03 Å². The Hall–Kier alpha value is -1.91. The molecule has 0 saturated carbocycles. The lowest BCUT2D eigenvalue weighted by atomic mass is 10.2. The number of rotatable bonds is 2. The lowest BCUT2D eigenvalue weighted by molar-refractivity contribution is 0.171. The topological polar surface area (TPSA) is 59.6 Å². The third-order valence-electron chi connectivity index (χ3n) is 2.29. The van der Waals surface area contributed by atoms with Crippen LogP contribution in [0.15, 0.2) is 18.2 Å². The number of ether oxygens (including phenoxy) is 2. The number of hydrogen-bond donors (Lipinski definition) is 2. The maximum atomic E-state index is 11.0. The summed E-state index contributed by atoms with van der Waals surface area (Å²) in [6, 6.07) is 5.44. The summed E-state index contributed by atoms with van der Waals surface area (Å²) in [7, 11) is 1.58. The molecule has 0 aliphatic carbocycles. The Balaban J connectivity index is 2.03. The van der Waals surface area contributed by atoms with Gasteiger partial charge < -0.3 is 20.1 Å². The molecular formula is C11H14N2O3. The highest BCUT2D eigenvalue weighted by Gasteiger charge is 2.11. The van der Waals surface area contributed by atoms with Gasteiger partial charge in [0.25, 0.3) is 0 Å². The molecule has 2 amide bonds. The van der Waals surface area contributed by atoms with E-state index in [1.165, 1.54) is 0 Å². The molecule has 2 N–H and O–H groups in total. The van der Waals surface area contributed by atoms with Gasteiger partial charge in [-0.25, -0.2) is 4.79 Å². The van der Waals surface area contributed by atoms with E-state index in [0.29, 0.717) is 19.8 Å². The fourth-order valence-electron chi connectivity index (χ4n) is 1.47. The summed E-state index contributed by atoms with van der Waals surface area (Å²) in [6.45, 7) is 1.62. The Labute approximate surface area is 93.7 Å². The van der Waals surface area contributed by atoms with E-state index in [0.717, 1.165) is 17.1 Å². The predicted octanol–water partition coefficient (Wildman–Crippen LogP) is 0.887. The lowest BCUT2D eigenvalue weighted by Gasteiger charge is -2.18. The predicted molar refractivity (Wildman–Crippen MR) is 58.7 cm³/mol. The fourth-order valence-corrected chi connectivity index (χ4v) is 1.47. The van der Waals surface area contributed by atoms with Crippen LogP contribution in [0.1, 0.15) is 5.56 Å². The van der Waals surface area contributed by atoms with Gasteiger partial charge in [-0.1, -0.05) is 6.07 Å². The quantitative estimate of drug-likeness (QED) is 0.781. The Kier molecular flexibility index (Phi) is 3.14. The van der Waals surface area contributed by atoms with Crippen LogP contribution < -0.4 is 20.1 Å². The number of carbonyl (C=O) groups is 1. The van der Waals surface area contributed by atoms with Crippen molar-refractivity contribution in [1.82, 2.24) is 10.6 Å². The van der Waals surface area contributed by atoms with Gasteiger partial charge in [0.2, 0.25) is 0 Å². The molecule has 0 atom stereocenters. The Morgan fingerprint density at radius 1 is 1.31 bits per heavy atom. The number of urea groups is 1. The zero-order valence-corrected chi connectivity index (χ0v) is 9.08. The molecule has 86 valence electrons. The van der Waals surface area contributed by atoms with Crippen LogP contribution in [-0.2, 0) is 6.54 Å². The molecule has 0 spiro atoms. The van der Waals surface area contributed by atoms with Crippen LogP contribution in [0.2, 0.25) is 0 Å². The van der Waals surface area contributed by atoms with Crippen LogP contribution in [0.4, 0.5) is 4.79 Å². The van der Waals surface area contributed by atoms with Crippen LogP contribution >= 0.6 is 0 Å². The van der Waals surface area contributed by atoms with Crippen LogP contribution in [0.3, 0.4) is 0 Å². The smallest absolute Gasteiger partial charge is 0.314 e. The van der Waals surface area contributed by atoms with E-state index in [2.05, 4.69) is 10.6 Å². The largest absolute Gasteiger partial charge is 0.486 e. The molecule has 0 saturated heterocycles. The average molecular weight is 222 g/mol. The number of fused-ring (bicyclic) bond motifs is 1. The standard InChI is InChI=1S/C11H14N2O3/c1-12-11(14)13-7-8-2-3-9-10(6-8)16-5-4-15-9/h2-3,6H,4-5,7H2,1H3,(H2,12,13,14). The molecule has 0 unspecified atom stereocenters. The van der Waals surface area contributed by atoms with Gasteiger partial charge in [0.15, 0.2) is 11.5 Å². The van der Waals surface area contributed by atoms with Gasteiger partial charge in [0, 0.05) is 13.6 Å². The zero-order valence-electron chi connectivity index (χ0n) is 9.08. The SMILES string of the molecule is CNC(=O)NCc1ccc2c(c1)OCCO2. The van der Waals surface area contributed by atoms with Gasteiger partial charge in [-0.2, -0.15) is 0 Å². The van der Waals surface area contributed by atoms with E-state index in [1.54, 1.807) is 7.05 Å². The summed E-state index contributed by atoms with van der Waals surface area (Å²) in [5.74, 6) is 1.50. The zero-order chi connectivity index (χ0) is 11.4. The van der Waals surface area contributed by atoms with Crippen LogP contribution in [-0.4, -0.2) is 26.3 Å². The first kappa shape index (κ1) is 10.6. The van der Waals surface area contributed by atoms with Crippen molar-refractivity contribution < 1.29 is 14.3 Å². The molecule has 16 heavy (non-hydrogen) atoms. The summed E-state index contributed by atoms with van der Waals surface area (Å²) in [4.78, 5) is 11.0. The van der Waals surface area contributed by atoms with E-state index in [-0.39, 0.29) is 6.03 Å². The molecule has 1 heterocycles. The van der Waals surface area contributed by atoms with Crippen LogP contribution in [0, 0.1) is 0 Å². The minimum Gasteiger partial charge on any atom is -0.486 e. The molecule has 2 rings (SSSR count). The minimum absolute atomic E-state index is 0.199. The molecular weight excluding hydrogens is 208 g/mol. The number of amides is 2. The van der Waals surface area contributed by atoms with Gasteiger partial charge in [-0.15, -0.1) is 0 Å².